The summed E-state index contributed by atoms with van der Waals surface area (Å²) in [6, 6.07) is 21.0. The van der Waals surface area contributed by atoms with Crippen LogP contribution in [0.5, 0.6) is 5.75 Å². The van der Waals surface area contributed by atoms with Crippen LogP contribution >= 0.6 is 11.6 Å². The molecular weight excluding hydrogens is 631 g/mol. The van der Waals surface area contributed by atoms with E-state index in [1.807, 2.05) is 0 Å². The van der Waals surface area contributed by atoms with Crippen molar-refractivity contribution in [2.45, 2.75) is 16.0 Å². The molecule has 226 valence electrons. The maximum Gasteiger partial charge on any atom is 0.417 e. The quantitative estimate of drug-likeness (QED) is 0.217. The molecule has 0 aliphatic heterocycles. The van der Waals surface area contributed by atoms with E-state index in [0.29, 0.717) is 11.8 Å². The third-order valence-corrected chi connectivity index (χ3v) is 9.45. The van der Waals surface area contributed by atoms with Crippen molar-refractivity contribution in [1.29, 1.82) is 0 Å². The van der Waals surface area contributed by atoms with Crippen molar-refractivity contribution in [3.05, 3.63) is 108 Å². The summed E-state index contributed by atoms with van der Waals surface area (Å²) in [5, 5.41) is 1.94. The van der Waals surface area contributed by atoms with E-state index in [-0.39, 0.29) is 26.9 Å². The molecule has 15 heteroatoms. The molecule has 9 nitrogen and oxygen atoms in total. The van der Waals surface area contributed by atoms with Gasteiger partial charge in [0.2, 0.25) is 5.91 Å². The first-order valence-electron chi connectivity index (χ1n) is 12.2. The fourth-order valence-electron chi connectivity index (χ4n) is 3.87. The molecule has 1 amide bonds. The molecule has 4 aromatic rings. The Morgan fingerprint density at radius 2 is 1.49 bits per heavy atom. The predicted octanol–water partition coefficient (Wildman–Crippen LogP) is 6.00. The van der Waals surface area contributed by atoms with Gasteiger partial charge in [0.25, 0.3) is 20.0 Å². The van der Waals surface area contributed by atoms with Gasteiger partial charge in [-0.25, -0.2) is 16.8 Å². The minimum Gasteiger partial charge on any atom is -0.497 e. The second-order valence-electron chi connectivity index (χ2n) is 8.90. The van der Waals surface area contributed by atoms with Crippen LogP contribution in [0.1, 0.15) is 5.56 Å². The smallest absolute Gasteiger partial charge is 0.417 e. The predicted molar refractivity (Wildman–Crippen MR) is 156 cm³/mol. The van der Waals surface area contributed by atoms with Crippen LogP contribution in [0.4, 0.5) is 30.2 Å². The van der Waals surface area contributed by atoms with E-state index in [2.05, 4.69) is 10.0 Å². The summed E-state index contributed by atoms with van der Waals surface area (Å²) >= 11 is 5.59. The Balaban J connectivity index is 1.53. The summed E-state index contributed by atoms with van der Waals surface area (Å²) in [4.78, 5) is 12.7. The lowest BCUT2D eigenvalue weighted by Gasteiger charge is -2.24. The highest BCUT2D eigenvalue weighted by Gasteiger charge is 2.34. The summed E-state index contributed by atoms with van der Waals surface area (Å²) in [5.74, 6) is -0.373. The van der Waals surface area contributed by atoms with Gasteiger partial charge in [0.1, 0.15) is 12.3 Å². The topological polar surface area (TPSA) is 122 Å². The second-order valence-corrected chi connectivity index (χ2v) is 12.8. The minimum absolute atomic E-state index is 0.0456. The maximum atomic E-state index is 13.5. The zero-order valence-electron chi connectivity index (χ0n) is 22.2. The number of benzene rings is 4. The lowest BCUT2D eigenvalue weighted by molar-refractivity contribution is -0.137. The number of hydrogen-bond acceptors (Lipinski definition) is 6. The number of rotatable bonds is 10. The van der Waals surface area contributed by atoms with E-state index in [1.54, 1.807) is 30.3 Å². The molecule has 0 radical (unpaired) electrons. The largest absolute Gasteiger partial charge is 0.497 e. The van der Waals surface area contributed by atoms with Crippen LogP contribution in [0.2, 0.25) is 5.02 Å². The number of hydrogen-bond donors (Lipinski definition) is 2. The molecule has 0 unspecified atom stereocenters. The molecule has 0 fully saturated rings. The summed E-state index contributed by atoms with van der Waals surface area (Å²) < 4.78 is 100. The number of nitrogens with one attached hydrogen (secondary N) is 2. The van der Waals surface area contributed by atoms with Crippen LogP contribution in [0.25, 0.3) is 0 Å². The van der Waals surface area contributed by atoms with E-state index >= 15 is 0 Å². The molecule has 43 heavy (non-hydrogen) atoms. The average molecular weight is 654 g/mol. The van der Waals surface area contributed by atoms with Crippen LogP contribution in [0.3, 0.4) is 0 Å². The highest BCUT2D eigenvalue weighted by atomic mass is 35.5. The van der Waals surface area contributed by atoms with Crippen LogP contribution in [-0.2, 0) is 31.0 Å². The number of ether oxygens (including phenoxy) is 1. The van der Waals surface area contributed by atoms with E-state index < -0.39 is 49.3 Å². The van der Waals surface area contributed by atoms with Gasteiger partial charge in [-0.05, 0) is 66.7 Å². The molecular formula is C28H23ClF3N3O6S2. The van der Waals surface area contributed by atoms with Gasteiger partial charge >= 0.3 is 6.18 Å². The van der Waals surface area contributed by atoms with E-state index in [0.717, 1.165) is 28.6 Å². The van der Waals surface area contributed by atoms with E-state index in [4.69, 9.17) is 16.3 Å². The zero-order valence-corrected chi connectivity index (χ0v) is 24.6. The third-order valence-electron chi connectivity index (χ3n) is 5.93. The summed E-state index contributed by atoms with van der Waals surface area (Å²) in [7, 11) is -7.09. The van der Waals surface area contributed by atoms with Gasteiger partial charge in [0, 0.05) is 17.4 Å². The Hall–Kier alpha value is -4.27. The van der Waals surface area contributed by atoms with Crippen molar-refractivity contribution in [2.24, 2.45) is 0 Å². The van der Waals surface area contributed by atoms with Gasteiger partial charge in [-0.1, -0.05) is 35.9 Å². The molecule has 0 aliphatic rings. The normalized spacial score (nSPS) is 11.9. The maximum absolute atomic E-state index is 13.5. The first kappa shape index (κ1) is 31.7. The fraction of sp³-hybridized carbons (Fsp3) is 0.107. The molecule has 0 heterocycles. The van der Waals surface area contributed by atoms with Crippen LogP contribution < -0.4 is 19.1 Å². The van der Waals surface area contributed by atoms with Gasteiger partial charge in [-0.3, -0.25) is 13.8 Å². The summed E-state index contributed by atoms with van der Waals surface area (Å²) in [5.41, 5.74) is -1.25. The molecule has 0 aliphatic carbocycles. The highest BCUT2D eigenvalue weighted by Crippen LogP contribution is 2.36. The molecule has 0 bridgehead atoms. The van der Waals surface area contributed by atoms with E-state index in [1.165, 1.54) is 43.5 Å². The van der Waals surface area contributed by atoms with Crippen molar-refractivity contribution in [2.75, 3.05) is 28.0 Å². The zero-order chi connectivity index (χ0) is 31.4. The minimum atomic E-state index is -4.79. The molecule has 4 rings (SSSR count). The SMILES string of the molecule is COc1cccc(N(CC(=O)Nc2ccc(S(=O)(=O)Nc3ccc(Cl)c(C(F)(F)F)c3)cc2)S(=O)(=O)c2ccccc2)c1. The monoisotopic (exact) mass is 653 g/mol. The van der Waals surface area contributed by atoms with Gasteiger partial charge < -0.3 is 10.1 Å². The number of halogens is 4. The summed E-state index contributed by atoms with van der Waals surface area (Å²) in [6.07, 6.45) is -4.79. The lowest BCUT2D eigenvalue weighted by Crippen LogP contribution is -2.38. The average Bonchev–Trinajstić information content (AvgIpc) is 2.97. The van der Waals surface area contributed by atoms with Crippen molar-refractivity contribution in [3.8, 4) is 5.75 Å². The Kier molecular flexibility index (Phi) is 9.23. The van der Waals surface area contributed by atoms with Crippen LogP contribution in [0.15, 0.2) is 107 Å². The van der Waals surface area contributed by atoms with Gasteiger partial charge in [0.05, 0.1) is 33.2 Å². The Morgan fingerprint density at radius 1 is 0.837 bits per heavy atom. The van der Waals surface area contributed by atoms with Crippen molar-refractivity contribution >= 4 is 54.6 Å². The number of anilines is 3. The number of amides is 1. The highest BCUT2D eigenvalue weighted by molar-refractivity contribution is 7.93. The molecule has 0 atom stereocenters. The van der Waals surface area contributed by atoms with Crippen molar-refractivity contribution in [1.82, 2.24) is 0 Å². The standard InChI is InChI=1S/C28H23ClF3N3O6S2/c1-41-22-7-5-6-21(17-22)35(43(39,40)24-8-3-2-4-9-24)18-27(36)33-19-10-13-23(14-11-19)42(37,38)34-20-12-15-26(29)25(16-20)28(30,31)32/h2-17,34H,18H2,1H3,(H,33,36). The van der Waals surface area contributed by atoms with Gasteiger partial charge in [-0.15, -0.1) is 0 Å². The molecule has 2 N–H and O–H groups in total. The Bertz CT molecular complexity index is 1840. The first-order chi connectivity index (χ1) is 20.2. The number of methoxy groups -OCH3 is 1. The Morgan fingerprint density at radius 3 is 2.12 bits per heavy atom. The van der Waals surface area contributed by atoms with Gasteiger partial charge in [0.15, 0.2) is 0 Å². The number of carbonyl (C=O) groups is 1. The molecule has 0 aromatic heterocycles. The number of sulfonamides is 2. The van der Waals surface area contributed by atoms with Crippen molar-refractivity contribution in [3.63, 3.8) is 0 Å². The molecule has 0 saturated heterocycles. The summed E-state index contributed by atoms with van der Waals surface area (Å²) in [6.45, 7) is -0.635. The number of carbonyl (C=O) groups excluding carboxylic acids is 1. The second kappa shape index (κ2) is 12.5. The Labute approximate surface area is 251 Å². The van der Waals surface area contributed by atoms with Crippen LogP contribution in [0, 0.1) is 0 Å². The molecule has 0 saturated carbocycles. The first-order valence-corrected chi connectivity index (χ1v) is 15.5. The molecule has 4 aromatic carbocycles. The van der Waals surface area contributed by atoms with Crippen molar-refractivity contribution < 1.29 is 39.5 Å². The van der Waals surface area contributed by atoms with E-state index in [9.17, 15) is 34.8 Å². The third kappa shape index (κ3) is 7.58. The van der Waals surface area contributed by atoms with Crippen LogP contribution in [-0.4, -0.2) is 36.4 Å². The van der Waals surface area contributed by atoms with Gasteiger partial charge in [-0.2, -0.15) is 13.2 Å². The molecule has 0 spiro atoms. The number of nitrogens with zero attached hydrogens (tertiary/aromatic N) is 1. The number of alkyl halides is 3. The fourth-order valence-corrected chi connectivity index (χ4v) is 6.58. The lowest BCUT2D eigenvalue weighted by atomic mass is 10.2.